The topological polar surface area (TPSA) is 43.1 Å². The first-order valence-corrected chi connectivity index (χ1v) is 6.00. The lowest BCUT2D eigenvalue weighted by Crippen LogP contribution is -2.56. The molecule has 0 bridgehead atoms. The van der Waals surface area contributed by atoms with Crippen molar-refractivity contribution in [1.82, 2.24) is 0 Å². The minimum absolute atomic E-state index is 0.312. The van der Waals surface area contributed by atoms with E-state index < -0.39 is 58.3 Å². The highest BCUT2D eigenvalue weighted by Crippen LogP contribution is 2.62. The zero-order valence-corrected chi connectivity index (χ0v) is 10.9. The van der Waals surface area contributed by atoms with Crippen LogP contribution in [0.25, 0.3) is 0 Å². The zero-order valence-electron chi connectivity index (χ0n) is 10.9. The molecule has 0 saturated heterocycles. The quantitative estimate of drug-likeness (QED) is 0.417. The molecule has 0 atom stereocenters. The van der Waals surface area contributed by atoms with Crippen molar-refractivity contribution in [2.24, 2.45) is 5.41 Å². The van der Waals surface area contributed by atoms with Crippen molar-refractivity contribution in [1.29, 1.82) is 0 Å². The molecule has 1 aromatic rings. The van der Waals surface area contributed by atoms with Crippen LogP contribution >= 0.6 is 0 Å². The third-order valence-corrected chi connectivity index (χ3v) is 3.80. The highest BCUT2D eigenvalue weighted by atomic mass is 19.4. The number of nitro groups is 1. The lowest BCUT2D eigenvalue weighted by molar-refractivity contribution is -0.385. The van der Waals surface area contributed by atoms with E-state index in [-0.39, 0.29) is 0 Å². The molecule has 0 fully saturated rings. The van der Waals surface area contributed by atoms with E-state index in [1.54, 1.807) is 0 Å². The SMILES string of the molecule is O=[N+]([O-])c1ccc2c(c1)C(F)(F)CC(C(F)(F)F)(C(F)(F)F)C2. The van der Waals surface area contributed by atoms with Gasteiger partial charge in [0.2, 0.25) is 0 Å². The molecule has 1 aliphatic carbocycles. The Kier molecular flexibility index (Phi) is 3.62. The standard InChI is InChI=1S/C12H7F8NO2/c13-10(14)5-9(11(15,16)17,12(18,19)20)4-6-1-2-7(21(22)23)3-8(6)10/h1-3H,4-5H2. The fourth-order valence-corrected chi connectivity index (χ4v) is 2.60. The van der Waals surface area contributed by atoms with Gasteiger partial charge >= 0.3 is 12.4 Å². The van der Waals surface area contributed by atoms with E-state index in [0.717, 1.165) is 0 Å². The van der Waals surface area contributed by atoms with Crippen LogP contribution in [0.1, 0.15) is 17.5 Å². The second kappa shape index (κ2) is 4.78. The number of benzene rings is 1. The van der Waals surface area contributed by atoms with Crippen molar-refractivity contribution in [2.75, 3.05) is 0 Å². The molecule has 0 unspecified atom stereocenters. The smallest absolute Gasteiger partial charge is 0.258 e. The Morgan fingerprint density at radius 2 is 1.57 bits per heavy atom. The Balaban J connectivity index is 2.68. The van der Waals surface area contributed by atoms with Gasteiger partial charge in [0, 0.05) is 24.1 Å². The fraction of sp³-hybridized carbons (Fsp3) is 0.500. The molecular formula is C12H7F8NO2. The molecular weight excluding hydrogens is 342 g/mol. The molecule has 0 radical (unpaired) electrons. The Morgan fingerprint density at radius 1 is 1.04 bits per heavy atom. The third kappa shape index (κ3) is 2.61. The Bertz CT molecular complexity index is 635. The molecule has 2 rings (SSSR count). The number of hydrogen-bond donors (Lipinski definition) is 0. The van der Waals surface area contributed by atoms with Crippen LogP contribution in [0, 0.1) is 15.5 Å². The first kappa shape index (κ1) is 17.4. The number of alkyl halides is 8. The maximum atomic E-state index is 14.0. The molecule has 0 spiro atoms. The lowest BCUT2D eigenvalue weighted by Gasteiger charge is -2.43. The largest absolute Gasteiger partial charge is 0.403 e. The first-order valence-electron chi connectivity index (χ1n) is 6.00. The molecule has 0 aliphatic heterocycles. The minimum Gasteiger partial charge on any atom is -0.258 e. The highest BCUT2D eigenvalue weighted by Gasteiger charge is 2.74. The van der Waals surface area contributed by atoms with Gasteiger partial charge in [0.1, 0.15) is 0 Å². The molecule has 0 saturated carbocycles. The summed E-state index contributed by atoms with van der Waals surface area (Å²) in [5, 5.41) is 10.5. The number of rotatable bonds is 1. The number of nitrogens with zero attached hydrogens (tertiary/aromatic N) is 1. The van der Waals surface area contributed by atoms with Gasteiger partial charge in [-0.25, -0.2) is 8.78 Å². The van der Waals surface area contributed by atoms with Crippen LogP contribution in [0.3, 0.4) is 0 Å². The summed E-state index contributed by atoms with van der Waals surface area (Å²) >= 11 is 0. The summed E-state index contributed by atoms with van der Waals surface area (Å²) in [4.78, 5) is 9.48. The van der Waals surface area contributed by atoms with E-state index in [0.29, 0.717) is 18.2 Å². The van der Waals surface area contributed by atoms with Gasteiger partial charge in [0.15, 0.2) is 5.41 Å². The van der Waals surface area contributed by atoms with Crippen LogP contribution in [0.5, 0.6) is 0 Å². The predicted octanol–water partition coefficient (Wildman–Crippen LogP) is 4.74. The summed E-state index contributed by atoms with van der Waals surface area (Å²) in [5.74, 6) is -4.51. The van der Waals surface area contributed by atoms with Crippen molar-refractivity contribution in [3.63, 3.8) is 0 Å². The number of halogens is 8. The van der Waals surface area contributed by atoms with Gasteiger partial charge < -0.3 is 0 Å². The van der Waals surface area contributed by atoms with Crippen LogP contribution in [-0.2, 0) is 12.3 Å². The number of non-ortho nitro benzene ring substituents is 1. The number of hydrogen-bond acceptors (Lipinski definition) is 2. The molecule has 128 valence electrons. The van der Waals surface area contributed by atoms with E-state index in [2.05, 4.69) is 0 Å². The van der Waals surface area contributed by atoms with Crippen LogP contribution < -0.4 is 0 Å². The summed E-state index contributed by atoms with van der Waals surface area (Å²) in [7, 11) is 0. The normalized spacial score (nSPS) is 20.0. The molecule has 0 N–H and O–H groups in total. The van der Waals surface area contributed by atoms with E-state index in [1.165, 1.54) is 0 Å². The van der Waals surface area contributed by atoms with Gasteiger partial charge in [0.05, 0.1) is 4.92 Å². The number of nitro benzene ring substituents is 1. The van der Waals surface area contributed by atoms with Gasteiger partial charge in [-0.1, -0.05) is 6.07 Å². The Hall–Kier alpha value is -1.94. The summed E-state index contributed by atoms with van der Waals surface area (Å²) < 4.78 is 106. The maximum Gasteiger partial charge on any atom is 0.403 e. The molecule has 3 nitrogen and oxygen atoms in total. The van der Waals surface area contributed by atoms with Crippen LogP contribution in [-0.4, -0.2) is 17.3 Å². The monoisotopic (exact) mass is 349 g/mol. The lowest BCUT2D eigenvalue weighted by atomic mass is 9.68. The van der Waals surface area contributed by atoms with Crippen molar-refractivity contribution >= 4 is 5.69 Å². The third-order valence-electron chi connectivity index (χ3n) is 3.80. The summed E-state index contributed by atoms with van der Waals surface area (Å²) in [6, 6.07) is 1.41. The van der Waals surface area contributed by atoms with Crippen LogP contribution in [0.15, 0.2) is 18.2 Å². The van der Waals surface area contributed by atoms with Gasteiger partial charge in [-0.3, -0.25) is 10.1 Å². The van der Waals surface area contributed by atoms with E-state index >= 15 is 0 Å². The van der Waals surface area contributed by atoms with Gasteiger partial charge in [0.25, 0.3) is 11.6 Å². The molecule has 23 heavy (non-hydrogen) atoms. The molecule has 0 amide bonds. The predicted molar refractivity (Wildman–Crippen MR) is 59.9 cm³/mol. The summed E-state index contributed by atoms with van der Waals surface area (Å²) in [5.41, 5.74) is -7.54. The zero-order chi connectivity index (χ0) is 17.8. The van der Waals surface area contributed by atoms with Gasteiger partial charge in [-0.2, -0.15) is 26.3 Å². The van der Waals surface area contributed by atoms with E-state index in [1.807, 2.05) is 0 Å². The van der Waals surface area contributed by atoms with Crippen molar-refractivity contribution in [3.8, 4) is 0 Å². The van der Waals surface area contributed by atoms with Crippen LogP contribution in [0.2, 0.25) is 0 Å². The van der Waals surface area contributed by atoms with Gasteiger partial charge in [-0.05, 0) is 12.0 Å². The first-order chi connectivity index (χ1) is 10.2. The molecule has 0 heterocycles. The Morgan fingerprint density at radius 3 is 2.00 bits per heavy atom. The summed E-state index contributed by atoms with van der Waals surface area (Å²) in [6.07, 6.45) is -16.2. The average Bonchev–Trinajstić information content (AvgIpc) is 2.34. The second-order valence-electron chi connectivity index (χ2n) is 5.23. The molecule has 1 aromatic carbocycles. The second-order valence-corrected chi connectivity index (χ2v) is 5.23. The van der Waals surface area contributed by atoms with E-state index in [4.69, 9.17) is 0 Å². The maximum absolute atomic E-state index is 14.0. The average molecular weight is 349 g/mol. The molecule has 1 aliphatic rings. The van der Waals surface area contributed by atoms with Gasteiger partial charge in [-0.15, -0.1) is 0 Å². The molecule has 0 aromatic heterocycles. The minimum atomic E-state index is -5.95. The Labute approximate surface area is 123 Å². The number of fused-ring (bicyclic) bond motifs is 1. The highest BCUT2D eigenvalue weighted by molar-refractivity contribution is 5.44. The fourth-order valence-electron chi connectivity index (χ4n) is 2.60. The van der Waals surface area contributed by atoms with Crippen LogP contribution in [0.4, 0.5) is 40.8 Å². The van der Waals surface area contributed by atoms with Crippen molar-refractivity contribution in [2.45, 2.75) is 31.1 Å². The van der Waals surface area contributed by atoms with Crippen molar-refractivity contribution < 1.29 is 40.0 Å². The molecule has 11 heteroatoms. The van der Waals surface area contributed by atoms with Crippen molar-refractivity contribution in [3.05, 3.63) is 39.4 Å². The summed E-state index contributed by atoms with van der Waals surface area (Å²) in [6.45, 7) is 0. The van der Waals surface area contributed by atoms with E-state index in [9.17, 15) is 45.2 Å².